The van der Waals surface area contributed by atoms with E-state index >= 15 is 0 Å². The molecule has 3 rings (SSSR count). The number of benzene rings is 2. The molecule has 2 aromatic carbocycles. The Bertz CT molecular complexity index is 676. The Morgan fingerprint density at radius 2 is 1.33 bits per heavy atom. The second-order valence-electron chi connectivity index (χ2n) is 7.37. The van der Waals surface area contributed by atoms with Crippen LogP contribution in [0.25, 0.3) is 0 Å². The van der Waals surface area contributed by atoms with Gasteiger partial charge in [-0.3, -0.25) is 14.6 Å². The summed E-state index contributed by atoms with van der Waals surface area (Å²) in [6.45, 7) is 8.33. The molecule has 0 bridgehead atoms. The average molecular weight is 387 g/mol. The molecule has 0 aliphatic carbocycles. The molecular weight excluding hydrogens is 356 g/mol. The van der Waals surface area contributed by atoms with Crippen molar-refractivity contribution in [2.75, 3.05) is 18.0 Å². The third-order valence-electron chi connectivity index (χ3n) is 5.31. The minimum Gasteiger partial charge on any atom is -0.292 e. The molecule has 1 atom stereocenters. The molecule has 1 fully saturated rings. The van der Waals surface area contributed by atoms with Crippen molar-refractivity contribution in [2.45, 2.75) is 52.5 Å². The number of hydrogen-bond donors (Lipinski definition) is 0. The summed E-state index contributed by atoms with van der Waals surface area (Å²) < 4.78 is 0. The van der Waals surface area contributed by atoms with Crippen molar-refractivity contribution in [3.05, 3.63) is 59.7 Å². The lowest BCUT2D eigenvalue weighted by atomic mass is 10.0. The molecule has 1 aliphatic heterocycles. The fourth-order valence-corrected chi connectivity index (χ4v) is 3.76. The Morgan fingerprint density at radius 1 is 0.889 bits per heavy atom. The summed E-state index contributed by atoms with van der Waals surface area (Å²) in [4.78, 5) is 17.9. The number of rotatable bonds is 5. The Labute approximate surface area is 169 Å². The predicted molar refractivity (Wildman–Crippen MR) is 116 cm³/mol. The van der Waals surface area contributed by atoms with Gasteiger partial charge in [-0.25, -0.2) is 0 Å². The summed E-state index contributed by atoms with van der Waals surface area (Å²) in [6.07, 6.45) is 4.51. The Hall–Kier alpha value is -1.84. The van der Waals surface area contributed by atoms with E-state index in [1.807, 2.05) is 4.90 Å². The molecule has 4 heteroatoms. The topological polar surface area (TPSA) is 23.6 Å². The normalized spacial score (nSPS) is 15.7. The van der Waals surface area contributed by atoms with Crippen LogP contribution in [-0.2, 0) is 4.79 Å². The van der Waals surface area contributed by atoms with Crippen LogP contribution >= 0.6 is 12.4 Å². The number of likely N-dealkylation sites (tertiary alicyclic amines) is 1. The molecule has 1 amide bonds. The first-order valence-electron chi connectivity index (χ1n) is 9.81. The Balaban J connectivity index is 0.00000261. The SMILES string of the molecule is CCC(C(=O)N(c1ccc(C)cc1)c1ccc(C)cc1)N1CCCCC1.Cl. The summed E-state index contributed by atoms with van der Waals surface area (Å²) in [6, 6.07) is 16.4. The lowest BCUT2D eigenvalue weighted by Crippen LogP contribution is -2.49. The molecule has 1 unspecified atom stereocenters. The predicted octanol–water partition coefficient (Wildman–Crippen LogP) is 5.65. The summed E-state index contributed by atoms with van der Waals surface area (Å²) in [5.74, 6) is 0.183. The van der Waals surface area contributed by atoms with Crippen LogP contribution in [0.5, 0.6) is 0 Å². The number of carbonyl (C=O) groups excluding carboxylic acids is 1. The zero-order valence-corrected chi connectivity index (χ0v) is 17.5. The van der Waals surface area contributed by atoms with Gasteiger partial charge in [0.1, 0.15) is 0 Å². The molecule has 0 spiro atoms. The van der Waals surface area contributed by atoms with Crippen molar-refractivity contribution in [3.8, 4) is 0 Å². The number of anilines is 2. The second kappa shape index (κ2) is 9.91. The summed E-state index contributed by atoms with van der Waals surface area (Å²) >= 11 is 0. The van der Waals surface area contributed by atoms with Gasteiger partial charge in [0.25, 0.3) is 0 Å². The van der Waals surface area contributed by atoms with E-state index in [-0.39, 0.29) is 24.4 Å². The third kappa shape index (κ3) is 5.12. The number of carbonyl (C=O) groups is 1. The number of nitrogens with zero attached hydrogens (tertiary/aromatic N) is 2. The second-order valence-corrected chi connectivity index (χ2v) is 7.37. The first-order chi connectivity index (χ1) is 12.6. The van der Waals surface area contributed by atoms with E-state index < -0.39 is 0 Å². The van der Waals surface area contributed by atoms with Crippen molar-refractivity contribution in [2.24, 2.45) is 0 Å². The third-order valence-corrected chi connectivity index (χ3v) is 5.31. The largest absolute Gasteiger partial charge is 0.292 e. The molecule has 27 heavy (non-hydrogen) atoms. The summed E-state index contributed by atoms with van der Waals surface area (Å²) in [5.41, 5.74) is 4.29. The quantitative estimate of drug-likeness (QED) is 0.662. The molecule has 146 valence electrons. The van der Waals surface area contributed by atoms with Crippen LogP contribution in [0, 0.1) is 13.8 Å². The van der Waals surface area contributed by atoms with Crippen molar-refractivity contribution < 1.29 is 4.79 Å². The van der Waals surface area contributed by atoms with E-state index in [0.29, 0.717) is 0 Å². The van der Waals surface area contributed by atoms with Crippen molar-refractivity contribution in [1.82, 2.24) is 4.90 Å². The fraction of sp³-hybridized carbons (Fsp3) is 0.435. The molecule has 1 saturated heterocycles. The van der Waals surface area contributed by atoms with E-state index in [4.69, 9.17) is 0 Å². The van der Waals surface area contributed by atoms with Crippen molar-refractivity contribution >= 4 is 29.7 Å². The highest BCUT2D eigenvalue weighted by atomic mass is 35.5. The van der Waals surface area contributed by atoms with Gasteiger partial charge >= 0.3 is 0 Å². The molecule has 0 N–H and O–H groups in total. The number of hydrogen-bond acceptors (Lipinski definition) is 2. The van der Waals surface area contributed by atoms with Crippen molar-refractivity contribution in [1.29, 1.82) is 0 Å². The zero-order chi connectivity index (χ0) is 18.5. The number of halogens is 1. The van der Waals surface area contributed by atoms with Gasteiger partial charge in [-0.2, -0.15) is 0 Å². The van der Waals surface area contributed by atoms with Crippen LogP contribution < -0.4 is 4.90 Å². The highest BCUT2D eigenvalue weighted by Crippen LogP contribution is 2.29. The van der Waals surface area contributed by atoms with E-state index in [9.17, 15) is 4.79 Å². The number of aryl methyl sites for hydroxylation is 2. The average Bonchev–Trinajstić information content (AvgIpc) is 2.66. The molecule has 1 heterocycles. The van der Waals surface area contributed by atoms with Crippen LogP contribution in [0.2, 0.25) is 0 Å². The Morgan fingerprint density at radius 3 is 1.74 bits per heavy atom. The molecule has 0 aromatic heterocycles. The number of amides is 1. The van der Waals surface area contributed by atoms with Crippen LogP contribution in [-0.4, -0.2) is 29.9 Å². The standard InChI is InChI=1S/C23H30N2O.ClH/c1-4-22(24-16-6-5-7-17-24)23(26)25(20-12-8-18(2)9-13-20)21-14-10-19(3)11-15-21;/h8-15,22H,4-7,16-17H2,1-3H3;1H. The van der Waals surface area contributed by atoms with Gasteiger partial charge in [-0.05, 0) is 70.5 Å². The first kappa shape index (κ1) is 21.5. The van der Waals surface area contributed by atoms with E-state index in [2.05, 4.69) is 74.2 Å². The highest BCUT2D eigenvalue weighted by molar-refractivity contribution is 6.03. The van der Waals surface area contributed by atoms with E-state index in [1.54, 1.807) is 0 Å². The molecular formula is C23H31ClN2O. The molecule has 2 aromatic rings. The van der Waals surface area contributed by atoms with Gasteiger partial charge in [0.15, 0.2) is 0 Å². The smallest absolute Gasteiger partial charge is 0.248 e. The summed E-state index contributed by atoms with van der Waals surface area (Å²) in [7, 11) is 0. The van der Waals surface area contributed by atoms with Gasteiger partial charge in [0.05, 0.1) is 6.04 Å². The maximum absolute atomic E-state index is 13.6. The molecule has 1 aliphatic rings. The molecule has 0 saturated carbocycles. The van der Waals surface area contributed by atoms with Crippen LogP contribution in [0.15, 0.2) is 48.5 Å². The maximum Gasteiger partial charge on any atom is 0.248 e. The van der Waals surface area contributed by atoms with Crippen LogP contribution in [0.1, 0.15) is 43.7 Å². The minimum atomic E-state index is -0.0575. The molecule has 3 nitrogen and oxygen atoms in total. The minimum absolute atomic E-state index is 0. The highest BCUT2D eigenvalue weighted by Gasteiger charge is 2.31. The van der Waals surface area contributed by atoms with E-state index in [0.717, 1.165) is 30.9 Å². The fourth-order valence-electron chi connectivity index (χ4n) is 3.76. The van der Waals surface area contributed by atoms with Crippen LogP contribution in [0.4, 0.5) is 11.4 Å². The van der Waals surface area contributed by atoms with Gasteiger partial charge in [-0.15, -0.1) is 12.4 Å². The lowest BCUT2D eigenvalue weighted by Gasteiger charge is -2.36. The van der Waals surface area contributed by atoms with Gasteiger partial charge in [-0.1, -0.05) is 48.7 Å². The Kier molecular flexibility index (Phi) is 7.88. The van der Waals surface area contributed by atoms with E-state index in [1.165, 1.54) is 30.4 Å². The molecule has 0 radical (unpaired) electrons. The van der Waals surface area contributed by atoms with Gasteiger partial charge in [0.2, 0.25) is 5.91 Å². The number of piperidine rings is 1. The zero-order valence-electron chi connectivity index (χ0n) is 16.6. The van der Waals surface area contributed by atoms with Gasteiger partial charge < -0.3 is 0 Å². The monoisotopic (exact) mass is 386 g/mol. The van der Waals surface area contributed by atoms with Crippen molar-refractivity contribution in [3.63, 3.8) is 0 Å². The van der Waals surface area contributed by atoms with Gasteiger partial charge in [0, 0.05) is 11.4 Å². The maximum atomic E-state index is 13.6. The first-order valence-corrected chi connectivity index (χ1v) is 9.81. The lowest BCUT2D eigenvalue weighted by molar-refractivity contribution is -0.123. The van der Waals surface area contributed by atoms with Crippen LogP contribution in [0.3, 0.4) is 0 Å². The summed E-state index contributed by atoms with van der Waals surface area (Å²) in [5, 5.41) is 0.